The highest BCUT2D eigenvalue weighted by Crippen LogP contribution is 2.21. The first-order valence-electron chi connectivity index (χ1n) is 4.60. The fourth-order valence-corrected chi connectivity index (χ4v) is 1.39. The highest BCUT2D eigenvalue weighted by atomic mass is 16.4. The molecule has 1 aromatic carbocycles. The summed E-state index contributed by atoms with van der Waals surface area (Å²) in [5, 5.41) is 8.93. The molecular weight excluding hydrogens is 194 g/mol. The van der Waals surface area contributed by atoms with E-state index in [9.17, 15) is 9.59 Å². The molecule has 3 N–H and O–H groups in total. The first-order chi connectivity index (χ1) is 6.93. The number of carboxylic acids is 1. The van der Waals surface area contributed by atoms with Crippen molar-refractivity contribution in [3.8, 4) is 0 Å². The zero-order valence-electron chi connectivity index (χ0n) is 8.65. The number of hydrogen-bond donors (Lipinski definition) is 2. The number of primary amides is 1. The molecule has 15 heavy (non-hydrogen) atoms. The lowest BCUT2D eigenvalue weighted by Crippen LogP contribution is -2.13. The van der Waals surface area contributed by atoms with Crippen molar-refractivity contribution in [2.24, 2.45) is 5.73 Å². The quantitative estimate of drug-likeness (QED) is 0.790. The molecule has 0 heterocycles. The molecule has 0 radical (unpaired) electrons. The zero-order chi connectivity index (χ0) is 11.6. The molecule has 80 valence electrons. The van der Waals surface area contributed by atoms with Crippen molar-refractivity contribution >= 4 is 11.9 Å². The Morgan fingerprint density at radius 3 is 2.33 bits per heavy atom. The van der Waals surface area contributed by atoms with Crippen LogP contribution >= 0.6 is 0 Å². The lowest BCUT2D eigenvalue weighted by atomic mass is 9.95. The molecule has 4 heteroatoms. The maximum absolute atomic E-state index is 10.9. The van der Waals surface area contributed by atoms with E-state index in [1.165, 1.54) is 18.2 Å². The summed E-state index contributed by atoms with van der Waals surface area (Å²) in [5.41, 5.74) is 6.30. The molecule has 0 fully saturated rings. The maximum Gasteiger partial charge on any atom is 0.335 e. The molecule has 1 aromatic rings. The van der Waals surface area contributed by atoms with Gasteiger partial charge in [0, 0.05) is 5.56 Å². The summed E-state index contributed by atoms with van der Waals surface area (Å²) in [7, 11) is 0. The average Bonchev–Trinajstić information content (AvgIpc) is 2.16. The lowest BCUT2D eigenvalue weighted by molar-refractivity contribution is 0.0694. The summed E-state index contributed by atoms with van der Waals surface area (Å²) in [5.74, 6) is -1.50. The molecule has 0 aliphatic heterocycles. The van der Waals surface area contributed by atoms with Gasteiger partial charge in [-0.3, -0.25) is 4.79 Å². The molecule has 0 aliphatic rings. The van der Waals surface area contributed by atoms with E-state index in [0.29, 0.717) is 11.1 Å². The zero-order valence-corrected chi connectivity index (χ0v) is 8.65. The largest absolute Gasteiger partial charge is 0.478 e. The van der Waals surface area contributed by atoms with Crippen molar-refractivity contribution in [1.29, 1.82) is 0 Å². The number of aromatic carboxylic acids is 1. The van der Waals surface area contributed by atoms with Crippen LogP contribution in [0.1, 0.15) is 46.0 Å². The third kappa shape index (κ3) is 2.34. The van der Waals surface area contributed by atoms with Crippen molar-refractivity contribution < 1.29 is 14.7 Å². The van der Waals surface area contributed by atoms with E-state index in [0.717, 1.165) is 0 Å². The summed E-state index contributed by atoms with van der Waals surface area (Å²) in [4.78, 5) is 21.8. The van der Waals surface area contributed by atoms with Gasteiger partial charge in [0.05, 0.1) is 5.56 Å². The second-order valence-corrected chi connectivity index (χ2v) is 3.63. The number of rotatable bonds is 3. The average molecular weight is 207 g/mol. The number of nitrogens with two attached hydrogens (primary N) is 1. The fraction of sp³-hybridized carbons (Fsp3) is 0.273. The number of carboxylic acid groups (broad SMARTS) is 1. The predicted molar refractivity (Wildman–Crippen MR) is 56.0 cm³/mol. The van der Waals surface area contributed by atoms with Gasteiger partial charge in [0.1, 0.15) is 0 Å². The van der Waals surface area contributed by atoms with E-state index >= 15 is 0 Å². The van der Waals surface area contributed by atoms with Crippen LogP contribution in [0.3, 0.4) is 0 Å². The Kier molecular flexibility index (Phi) is 3.09. The van der Waals surface area contributed by atoms with Gasteiger partial charge in [-0.15, -0.1) is 0 Å². The predicted octanol–water partition coefficient (Wildman–Crippen LogP) is 1.61. The number of carbonyl (C=O) groups is 2. The number of carbonyl (C=O) groups excluding carboxylic acids is 1. The Morgan fingerprint density at radius 2 is 1.93 bits per heavy atom. The first kappa shape index (κ1) is 11.2. The first-order valence-corrected chi connectivity index (χ1v) is 4.60. The van der Waals surface area contributed by atoms with Gasteiger partial charge in [0.15, 0.2) is 0 Å². The van der Waals surface area contributed by atoms with Gasteiger partial charge in [-0.05, 0) is 29.7 Å². The van der Waals surface area contributed by atoms with Crippen LogP contribution in [0.15, 0.2) is 18.2 Å². The lowest BCUT2D eigenvalue weighted by Gasteiger charge is -2.10. The standard InChI is InChI=1S/C11H13NO3/c1-6(2)9-5-7(10(12)13)3-4-8(9)11(14)15/h3-6H,1-2H3,(H2,12,13)(H,14,15). The van der Waals surface area contributed by atoms with E-state index in [1.807, 2.05) is 13.8 Å². The summed E-state index contributed by atoms with van der Waals surface area (Å²) in [6.45, 7) is 3.74. The van der Waals surface area contributed by atoms with Crippen molar-refractivity contribution in [2.45, 2.75) is 19.8 Å². The number of benzene rings is 1. The van der Waals surface area contributed by atoms with Crippen LogP contribution in [0.2, 0.25) is 0 Å². The molecule has 0 unspecified atom stereocenters. The molecule has 1 rings (SSSR count). The molecule has 0 aromatic heterocycles. The van der Waals surface area contributed by atoms with Crippen molar-refractivity contribution in [2.75, 3.05) is 0 Å². The van der Waals surface area contributed by atoms with Gasteiger partial charge < -0.3 is 10.8 Å². The molecular formula is C11H13NO3. The summed E-state index contributed by atoms with van der Waals surface area (Å²) < 4.78 is 0. The third-order valence-electron chi connectivity index (χ3n) is 2.19. The molecule has 0 bridgehead atoms. The summed E-state index contributed by atoms with van der Waals surface area (Å²) in [6.07, 6.45) is 0. The second kappa shape index (κ2) is 4.13. The van der Waals surface area contributed by atoms with Crippen molar-refractivity contribution in [1.82, 2.24) is 0 Å². The topological polar surface area (TPSA) is 80.4 Å². The van der Waals surface area contributed by atoms with E-state index < -0.39 is 11.9 Å². The van der Waals surface area contributed by atoms with Crippen LogP contribution in [0.25, 0.3) is 0 Å². The highest BCUT2D eigenvalue weighted by molar-refractivity contribution is 5.96. The van der Waals surface area contributed by atoms with E-state index in [-0.39, 0.29) is 11.5 Å². The maximum atomic E-state index is 10.9. The van der Waals surface area contributed by atoms with Crippen LogP contribution in [0, 0.1) is 0 Å². The Labute approximate surface area is 87.7 Å². The second-order valence-electron chi connectivity index (χ2n) is 3.63. The van der Waals surface area contributed by atoms with Gasteiger partial charge in [-0.25, -0.2) is 4.79 Å². The molecule has 4 nitrogen and oxygen atoms in total. The molecule has 0 aliphatic carbocycles. The minimum atomic E-state index is -0.991. The smallest absolute Gasteiger partial charge is 0.335 e. The van der Waals surface area contributed by atoms with Gasteiger partial charge in [-0.1, -0.05) is 13.8 Å². The van der Waals surface area contributed by atoms with Crippen LogP contribution in [0.4, 0.5) is 0 Å². The minimum absolute atomic E-state index is 0.0374. The van der Waals surface area contributed by atoms with E-state index in [1.54, 1.807) is 0 Å². The molecule has 0 spiro atoms. The molecule has 1 amide bonds. The van der Waals surface area contributed by atoms with E-state index in [2.05, 4.69) is 0 Å². The van der Waals surface area contributed by atoms with Gasteiger partial charge in [0.25, 0.3) is 0 Å². The van der Waals surface area contributed by atoms with Crippen LogP contribution < -0.4 is 5.73 Å². The monoisotopic (exact) mass is 207 g/mol. The highest BCUT2D eigenvalue weighted by Gasteiger charge is 2.14. The van der Waals surface area contributed by atoms with Gasteiger partial charge >= 0.3 is 5.97 Å². The Hall–Kier alpha value is -1.84. The molecule has 0 saturated heterocycles. The SMILES string of the molecule is CC(C)c1cc(C(N)=O)ccc1C(=O)O. The number of amides is 1. The van der Waals surface area contributed by atoms with Crippen LogP contribution in [0.5, 0.6) is 0 Å². The van der Waals surface area contributed by atoms with Crippen molar-refractivity contribution in [3.05, 3.63) is 34.9 Å². The third-order valence-corrected chi connectivity index (χ3v) is 2.19. The minimum Gasteiger partial charge on any atom is -0.478 e. The van der Waals surface area contributed by atoms with Gasteiger partial charge in [-0.2, -0.15) is 0 Å². The Morgan fingerprint density at radius 1 is 1.33 bits per heavy atom. The molecule has 0 saturated carbocycles. The van der Waals surface area contributed by atoms with Crippen LogP contribution in [-0.2, 0) is 0 Å². The van der Waals surface area contributed by atoms with Gasteiger partial charge in [0.2, 0.25) is 5.91 Å². The normalized spacial score (nSPS) is 10.3. The summed E-state index contributed by atoms with van der Waals surface area (Å²) in [6, 6.07) is 4.38. The Bertz CT molecular complexity index is 410. The fourth-order valence-electron chi connectivity index (χ4n) is 1.39. The summed E-state index contributed by atoms with van der Waals surface area (Å²) >= 11 is 0. The number of hydrogen-bond acceptors (Lipinski definition) is 2. The Balaban J connectivity index is 3.33. The van der Waals surface area contributed by atoms with Crippen LogP contribution in [-0.4, -0.2) is 17.0 Å². The molecule has 0 atom stereocenters. The van der Waals surface area contributed by atoms with Crippen molar-refractivity contribution in [3.63, 3.8) is 0 Å². The van der Waals surface area contributed by atoms with E-state index in [4.69, 9.17) is 10.8 Å².